The average Bonchev–Trinajstić information content (AvgIpc) is 2.77. The van der Waals surface area contributed by atoms with E-state index in [9.17, 15) is 13.5 Å². The lowest BCUT2D eigenvalue weighted by molar-refractivity contribution is 0.146. The minimum absolute atomic E-state index is 0.0884. The zero-order valence-electron chi connectivity index (χ0n) is 11.8. The second-order valence-corrected chi connectivity index (χ2v) is 8.09. The van der Waals surface area contributed by atoms with Crippen molar-refractivity contribution in [2.75, 3.05) is 11.5 Å². The lowest BCUT2D eigenvalue weighted by atomic mass is 9.98. The standard InChI is InChI=1S/C16H19NO3S/c18-15(9-12-7-8-21(19,20)11-12)10-14-6-5-13-3-1-2-4-16(13)17-14/h1-6,12,15,18H,7-11H2. The van der Waals surface area contributed by atoms with Crippen molar-refractivity contribution >= 4 is 20.7 Å². The molecular formula is C16H19NO3S. The van der Waals surface area contributed by atoms with Crippen LogP contribution in [0.1, 0.15) is 18.5 Å². The van der Waals surface area contributed by atoms with Gasteiger partial charge in [0.2, 0.25) is 0 Å². The molecule has 1 aromatic heterocycles. The van der Waals surface area contributed by atoms with Gasteiger partial charge >= 0.3 is 0 Å². The third-order valence-electron chi connectivity index (χ3n) is 4.03. The molecule has 0 aliphatic carbocycles. The Kier molecular flexibility index (Phi) is 3.95. The highest BCUT2D eigenvalue weighted by atomic mass is 32.2. The number of hydrogen-bond acceptors (Lipinski definition) is 4. The summed E-state index contributed by atoms with van der Waals surface area (Å²) in [4.78, 5) is 4.54. The third-order valence-corrected chi connectivity index (χ3v) is 5.87. The van der Waals surface area contributed by atoms with Crippen molar-refractivity contribution in [1.82, 2.24) is 4.98 Å². The summed E-state index contributed by atoms with van der Waals surface area (Å²) in [5.41, 5.74) is 1.77. The van der Waals surface area contributed by atoms with Crippen molar-refractivity contribution in [3.8, 4) is 0 Å². The molecule has 1 aliphatic heterocycles. The van der Waals surface area contributed by atoms with Crippen molar-refractivity contribution in [3.63, 3.8) is 0 Å². The van der Waals surface area contributed by atoms with Gasteiger partial charge in [0.05, 0.1) is 23.1 Å². The van der Waals surface area contributed by atoms with Crippen LogP contribution in [-0.2, 0) is 16.3 Å². The summed E-state index contributed by atoms with van der Waals surface area (Å²) in [5, 5.41) is 11.3. The summed E-state index contributed by atoms with van der Waals surface area (Å²) < 4.78 is 22.9. The number of aromatic nitrogens is 1. The predicted octanol–water partition coefficient (Wildman–Crippen LogP) is 1.96. The van der Waals surface area contributed by atoms with E-state index in [4.69, 9.17) is 0 Å². The number of sulfone groups is 1. The van der Waals surface area contributed by atoms with E-state index in [2.05, 4.69) is 4.98 Å². The van der Waals surface area contributed by atoms with Gasteiger partial charge in [-0.05, 0) is 30.9 Å². The van der Waals surface area contributed by atoms with Crippen LogP contribution in [0, 0.1) is 5.92 Å². The molecule has 1 fully saturated rings. The van der Waals surface area contributed by atoms with E-state index in [1.807, 2.05) is 36.4 Å². The Labute approximate surface area is 124 Å². The van der Waals surface area contributed by atoms with Gasteiger partial charge in [-0.3, -0.25) is 4.98 Å². The smallest absolute Gasteiger partial charge is 0.150 e. The first-order chi connectivity index (χ1) is 10.0. The van der Waals surface area contributed by atoms with Crippen molar-refractivity contribution < 1.29 is 13.5 Å². The van der Waals surface area contributed by atoms with Crippen LogP contribution in [0.5, 0.6) is 0 Å². The molecule has 0 radical (unpaired) electrons. The van der Waals surface area contributed by atoms with Crippen molar-refractivity contribution in [3.05, 3.63) is 42.1 Å². The number of aliphatic hydroxyl groups is 1. The molecule has 2 atom stereocenters. The topological polar surface area (TPSA) is 67.3 Å². The molecule has 5 heteroatoms. The van der Waals surface area contributed by atoms with Gasteiger partial charge in [0, 0.05) is 17.5 Å². The van der Waals surface area contributed by atoms with Gasteiger partial charge in [-0.2, -0.15) is 0 Å². The largest absolute Gasteiger partial charge is 0.393 e. The van der Waals surface area contributed by atoms with Crippen LogP contribution < -0.4 is 0 Å². The van der Waals surface area contributed by atoms with Crippen LogP contribution >= 0.6 is 0 Å². The molecule has 2 heterocycles. The van der Waals surface area contributed by atoms with Crippen molar-refractivity contribution in [1.29, 1.82) is 0 Å². The normalized spacial score (nSPS) is 22.4. The van der Waals surface area contributed by atoms with Crippen LogP contribution in [-0.4, -0.2) is 36.1 Å². The van der Waals surface area contributed by atoms with E-state index in [0.29, 0.717) is 19.3 Å². The molecule has 0 bridgehead atoms. The van der Waals surface area contributed by atoms with Crippen LogP contribution in [0.15, 0.2) is 36.4 Å². The van der Waals surface area contributed by atoms with Gasteiger partial charge in [-0.15, -0.1) is 0 Å². The minimum Gasteiger partial charge on any atom is -0.393 e. The number of rotatable bonds is 4. The number of para-hydroxylation sites is 1. The molecule has 2 unspecified atom stereocenters. The molecule has 0 amide bonds. The van der Waals surface area contributed by atoms with E-state index in [-0.39, 0.29) is 17.4 Å². The molecular weight excluding hydrogens is 286 g/mol. The van der Waals surface area contributed by atoms with E-state index >= 15 is 0 Å². The summed E-state index contributed by atoms with van der Waals surface area (Å²) in [7, 11) is -2.87. The Hall–Kier alpha value is -1.46. The SMILES string of the molecule is O=S1(=O)CCC(CC(O)Cc2ccc3ccccc3n2)C1. The van der Waals surface area contributed by atoms with Gasteiger partial charge < -0.3 is 5.11 Å². The summed E-state index contributed by atoms with van der Waals surface area (Å²) in [6.45, 7) is 0. The summed E-state index contributed by atoms with van der Waals surface area (Å²) in [6.07, 6.45) is 1.15. The van der Waals surface area contributed by atoms with Crippen LogP contribution in [0.2, 0.25) is 0 Å². The van der Waals surface area contributed by atoms with Gasteiger partial charge in [0.1, 0.15) is 0 Å². The number of benzene rings is 1. The van der Waals surface area contributed by atoms with Crippen molar-refractivity contribution in [2.45, 2.75) is 25.4 Å². The van der Waals surface area contributed by atoms with Gasteiger partial charge in [0.25, 0.3) is 0 Å². The lowest BCUT2D eigenvalue weighted by Crippen LogP contribution is -2.17. The van der Waals surface area contributed by atoms with Crippen LogP contribution in [0.25, 0.3) is 10.9 Å². The highest BCUT2D eigenvalue weighted by Gasteiger charge is 2.29. The van der Waals surface area contributed by atoms with Crippen molar-refractivity contribution in [2.24, 2.45) is 5.92 Å². The van der Waals surface area contributed by atoms with E-state index in [1.54, 1.807) is 0 Å². The van der Waals surface area contributed by atoms with E-state index in [0.717, 1.165) is 16.6 Å². The third kappa shape index (κ3) is 3.60. The first-order valence-corrected chi connectivity index (χ1v) is 9.07. The number of fused-ring (bicyclic) bond motifs is 1. The Morgan fingerprint density at radius 1 is 1.24 bits per heavy atom. The minimum atomic E-state index is -2.87. The molecule has 2 aromatic rings. The molecule has 0 spiro atoms. The number of nitrogens with zero attached hydrogens (tertiary/aromatic N) is 1. The zero-order chi connectivity index (χ0) is 14.9. The monoisotopic (exact) mass is 305 g/mol. The maximum atomic E-state index is 11.4. The first kappa shape index (κ1) is 14.5. The van der Waals surface area contributed by atoms with E-state index < -0.39 is 15.9 Å². The molecule has 3 rings (SSSR count). The number of hydrogen-bond donors (Lipinski definition) is 1. The van der Waals surface area contributed by atoms with E-state index in [1.165, 1.54) is 0 Å². The quantitative estimate of drug-likeness (QED) is 0.937. The Morgan fingerprint density at radius 3 is 2.81 bits per heavy atom. The molecule has 0 saturated carbocycles. The first-order valence-electron chi connectivity index (χ1n) is 7.25. The van der Waals surface area contributed by atoms with Crippen LogP contribution in [0.3, 0.4) is 0 Å². The molecule has 1 saturated heterocycles. The fraction of sp³-hybridized carbons (Fsp3) is 0.438. The maximum Gasteiger partial charge on any atom is 0.150 e. The van der Waals surface area contributed by atoms with Crippen LogP contribution in [0.4, 0.5) is 0 Å². The summed E-state index contributed by atoms with van der Waals surface area (Å²) in [5.74, 6) is 0.568. The molecule has 112 valence electrons. The molecule has 1 aromatic carbocycles. The van der Waals surface area contributed by atoms with Gasteiger partial charge in [-0.1, -0.05) is 24.3 Å². The summed E-state index contributed by atoms with van der Waals surface area (Å²) >= 11 is 0. The molecule has 1 N–H and O–H groups in total. The Balaban J connectivity index is 1.64. The highest BCUT2D eigenvalue weighted by Crippen LogP contribution is 2.24. The fourth-order valence-electron chi connectivity index (χ4n) is 2.99. The van der Waals surface area contributed by atoms with Gasteiger partial charge in [0.15, 0.2) is 9.84 Å². The second-order valence-electron chi connectivity index (χ2n) is 5.86. The lowest BCUT2D eigenvalue weighted by Gasteiger charge is -2.14. The predicted molar refractivity (Wildman–Crippen MR) is 82.8 cm³/mol. The highest BCUT2D eigenvalue weighted by molar-refractivity contribution is 7.91. The van der Waals surface area contributed by atoms with Gasteiger partial charge in [-0.25, -0.2) is 8.42 Å². The average molecular weight is 305 g/mol. The molecule has 21 heavy (non-hydrogen) atoms. The zero-order valence-corrected chi connectivity index (χ0v) is 12.6. The Morgan fingerprint density at radius 2 is 2.05 bits per heavy atom. The number of aliphatic hydroxyl groups excluding tert-OH is 1. The summed E-state index contributed by atoms with van der Waals surface area (Å²) in [6, 6.07) is 11.8. The Bertz CT molecular complexity index is 742. The molecule has 4 nitrogen and oxygen atoms in total. The number of pyridine rings is 1. The molecule has 1 aliphatic rings. The fourth-order valence-corrected chi connectivity index (χ4v) is 4.87. The second kappa shape index (κ2) is 5.73. The maximum absolute atomic E-state index is 11.4.